The summed E-state index contributed by atoms with van der Waals surface area (Å²) in [4.78, 5) is 17.7. The summed E-state index contributed by atoms with van der Waals surface area (Å²) in [5.41, 5.74) is 2.67. The van der Waals surface area contributed by atoms with Gasteiger partial charge in [-0.1, -0.05) is 29.8 Å². The number of carbonyl (C=O) groups is 1. The van der Waals surface area contributed by atoms with Gasteiger partial charge in [0.1, 0.15) is 13.1 Å². The van der Waals surface area contributed by atoms with E-state index >= 15 is 0 Å². The Morgan fingerprint density at radius 2 is 1.72 bits per heavy atom. The highest BCUT2D eigenvalue weighted by Crippen LogP contribution is 2.12. The van der Waals surface area contributed by atoms with Crippen LogP contribution >= 0.6 is 0 Å². The second-order valence-electron chi connectivity index (χ2n) is 9.35. The molecule has 5 heteroatoms. The van der Waals surface area contributed by atoms with Crippen molar-refractivity contribution >= 4 is 5.91 Å². The number of carbonyl (C=O) groups excluding carboxylic acids is 1. The highest BCUT2D eigenvalue weighted by Gasteiger charge is 2.29. The van der Waals surface area contributed by atoms with Crippen molar-refractivity contribution in [3.63, 3.8) is 0 Å². The van der Waals surface area contributed by atoms with Crippen molar-refractivity contribution in [1.29, 1.82) is 0 Å². The number of furan rings is 1. The van der Waals surface area contributed by atoms with Gasteiger partial charge in [0.25, 0.3) is 5.91 Å². The molecule has 1 fully saturated rings. The molecule has 2 heterocycles. The summed E-state index contributed by atoms with van der Waals surface area (Å²) in [6.45, 7) is 17.5. The van der Waals surface area contributed by atoms with Crippen molar-refractivity contribution in [2.45, 2.75) is 53.2 Å². The standard InChI is InChI=1S/C24H35N3O2/c1-6-25-13-15-26(16-14-25)23(28)22-12-11-21(29-22)18-27(24(3,4)5)17-20-9-7-19(2)8-10-20/h7-12H,6,13-18H2,1-5H3/p+2. The van der Waals surface area contributed by atoms with Crippen LogP contribution in [-0.4, -0.2) is 49.1 Å². The lowest BCUT2D eigenvalue weighted by atomic mass is 10.0. The lowest BCUT2D eigenvalue weighted by molar-refractivity contribution is -0.973. The van der Waals surface area contributed by atoms with Crippen molar-refractivity contribution < 1.29 is 19.0 Å². The number of hydrogen-bond acceptors (Lipinski definition) is 2. The summed E-state index contributed by atoms with van der Waals surface area (Å²) in [7, 11) is 0. The zero-order chi connectivity index (χ0) is 21.0. The maximum absolute atomic E-state index is 12.8. The van der Waals surface area contributed by atoms with Crippen LogP contribution in [0.25, 0.3) is 0 Å². The summed E-state index contributed by atoms with van der Waals surface area (Å²) in [6.07, 6.45) is 0. The fraction of sp³-hybridized carbons (Fsp3) is 0.542. The Morgan fingerprint density at radius 1 is 1.07 bits per heavy atom. The molecule has 1 aliphatic heterocycles. The summed E-state index contributed by atoms with van der Waals surface area (Å²) >= 11 is 0. The van der Waals surface area contributed by atoms with Gasteiger partial charge in [0.15, 0.2) is 11.5 Å². The second kappa shape index (κ2) is 9.14. The Labute approximate surface area is 175 Å². The van der Waals surface area contributed by atoms with E-state index in [1.165, 1.54) is 16.0 Å². The highest BCUT2D eigenvalue weighted by atomic mass is 16.4. The molecule has 1 saturated heterocycles. The quantitative estimate of drug-likeness (QED) is 0.770. The van der Waals surface area contributed by atoms with Gasteiger partial charge in [0.05, 0.1) is 38.3 Å². The van der Waals surface area contributed by atoms with Crippen LogP contribution in [0.4, 0.5) is 0 Å². The van der Waals surface area contributed by atoms with Crippen LogP contribution in [0.3, 0.4) is 0 Å². The summed E-state index contributed by atoms with van der Waals surface area (Å²) in [5, 5.41) is 0. The molecule has 0 bridgehead atoms. The van der Waals surface area contributed by atoms with Crippen molar-refractivity contribution in [2.75, 3.05) is 32.7 Å². The van der Waals surface area contributed by atoms with E-state index in [2.05, 4.69) is 58.9 Å². The minimum absolute atomic E-state index is 0.0299. The molecule has 158 valence electrons. The third-order valence-corrected chi connectivity index (χ3v) is 6.12. The molecule has 0 radical (unpaired) electrons. The SMILES string of the molecule is CC[NH+]1CCN(C(=O)c2ccc(C[NH+](Cc3ccc(C)cc3)C(C)(C)C)o2)CC1. The number of amides is 1. The maximum Gasteiger partial charge on any atom is 0.289 e. The Balaban J connectivity index is 1.66. The van der Waals surface area contributed by atoms with E-state index in [9.17, 15) is 4.79 Å². The van der Waals surface area contributed by atoms with E-state index in [1.54, 1.807) is 4.90 Å². The van der Waals surface area contributed by atoms with E-state index < -0.39 is 0 Å². The normalized spacial score (nSPS) is 16.8. The van der Waals surface area contributed by atoms with Gasteiger partial charge in [-0.05, 0) is 46.8 Å². The molecular weight excluding hydrogens is 362 g/mol. The number of benzene rings is 1. The zero-order valence-corrected chi connectivity index (χ0v) is 18.7. The van der Waals surface area contributed by atoms with Crippen molar-refractivity contribution in [2.24, 2.45) is 0 Å². The molecule has 0 spiro atoms. The van der Waals surface area contributed by atoms with Gasteiger partial charge in [-0.15, -0.1) is 0 Å². The molecule has 5 nitrogen and oxygen atoms in total. The van der Waals surface area contributed by atoms with E-state index in [-0.39, 0.29) is 11.4 Å². The Hall–Kier alpha value is -2.11. The number of likely N-dealkylation sites (N-methyl/N-ethyl adjacent to an activating group) is 1. The van der Waals surface area contributed by atoms with Gasteiger partial charge in [0.2, 0.25) is 0 Å². The zero-order valence-electron chi connectivity index (χ0n) is 18.7. The third-order valence-electron chi connectivity index (χ3n) is 6.12. The van der Waals surface area contributed by atoms with Gasteiger partial charge in [0, 0.05) is 5.56 Å². The molecule has 1 aromatic heterocycles. The molecule has 29 heavy (non-hydrogen) atoms. The van der Waals surface area contributed by atoms with Crippen LogP contribution in [0.1, 0.15) is 55.1 Å². The van der Waals surface area contributed by atoms with Crippen molar-refractivity contribution in [3.05, 3.63) is 59.0 Å². The van der Waals surface area contributed by atoms with Crippen molar-refractivity contribution in [1.82, 2.24) is 4.90 Å². The molecule has 1 atom stereocenters. The minimum atomic E-state index is 0.0299. The largest absolute Gasteiger partial charge is 0.450 e. The lowest BCUT2D eigenvalue weighted by Crippen LogP contribution is -3.16. The molecule has 0 aliphatic carbocycles. The number of piperazine rings is 1. The summed E-state index contributed by atoms with van der Waals surface area (Å²) in [6, 6.07) is 12.6. The average Bonchev–Trinajstić information content (AvgIpc) is 3.16. The number of rotatable bonds is 6. The van der Waals surface area contributed by atoms with Crippen LogP contribution in [0.2, 0.25) is 0 Å². The number of hydrogen-bond donors (Lipinski definition) is 2. The molecule has 0 saturated carbocycles. The van der Waals surface area contributed by atoms with Crippen LogP contribution in [0, 0.1) is 6.92 Å². The van der Waals surface area contributed by atoms with Gasteiger partial charge < -0.3 is 19.1 Å². The van der Waals surface area contributed by atoms with Crippen molar-refractivity contribution in [3.8, 4) is 0 Å². The Bertz CT molecular complexity index is 796. The topological polar surface area (TPSA) is 42.3 Å². The lowest BCUT2D eigenvalue weighted by Gasteiger charge is -2.32. The van der Waals surface area contributed by atoms with Gasteiger partial charge in [-0.25, -0.2) is 0 Å². The molecule has 2 aromatic rings. The molecular formula is C24H37N3O2+2. The smallest absolute Gasteiger partial charge is 0.289 e. The van der Waals surface area contributed by atoms with E-state index in [1.807, 2.05) is 17.0 Å². The summed E-state index contributed by atoms with van der Waals surface area (Å²) < 4.78 is 6.02. The first kappa shape index (κ1) is 21.6. The second-order valence-corrected chi connectivity index (χ2v) is 9.35. The molecule has 2 N–H and O–H groups in total. The molecule has 1 aromatic carbocycles. The number of nitrogens with one attached hydrogen (secondary N) is 2. The third kappa shape index (κ3) is 5.71. The van der Waals surface area contributed by atoms with Gasteiger partial charge >= 0.3 is 0 Å². The fourth-order valence-electron chi connectivity index (χ4n) is 3.88. The van der Waals surface area contributed by atoms with Crippen LogP contribution in [-0.2, 0) is 13.1 Å². The predicted octanol–water partition coefficient (Wildman–Crippen LogP) is 1.33. The van der Waals surface area contributed by atoms with E-state index in [4.69, 9.17) is 4.42 Å². The predicted molar refractivity (Wildman–Crippen MR) is 115 cm³/mol. The van der Waals surface area contributed by atoms with Gasteiger partial charge in [-0.2, -0.15) is 0 Å². The van der Waals surface area contributed by atoms with Crippen LogP contribution in [0.15, 0.2) is 40.8 Å². The number of quaternary nitrogens is 2. The monoisotopic (exact) mass is 399 g/mol. The Morgan fingerprint density at radius 3 is 2.31 bits per heavy atom. The Kier molecular flexibility index (Phi) is 6.81. The molecule has 1 amide bonds. The minimum Gasteiger partial charge on any atom is -0.450 e. The molecule has 1 aliphatic rings. The molecule has 3 rings (SSSR count). The number of aryl methyl sites for hydroxylation is 1. The fourth-order valence-corrected chi connectivity index (χ4v) is 3.88. The van der Waals surface area contributed by atoms with E-state index in [0.717, 1.165) is 51.6 Å². The first-order valence-electron chi connectivity index (χ1n) is 10.9. The van der Waals surface area contributed by atoms with Gasteiger partial charge in [-0.3, -0.25) is 4.79 Å². The molecule has 1 unspecified atom stereocenters. The van der Waals surface area contributed by atoms with Crippen LogP contribution in [0.5, 0.6) is 0 Å². The summed E-state index contributed by atoms with van der Waals surface area (Å²) in [5.74, 6) is 1.38. The first-order chi connectivity index (χ1) is 13.8. The highest BCUT2D eigenvalue weighted by molar-refractivity contribution is 5.91. The number of nitrogens with zero attached hydrogens (tertiary/aromatic N) is 1. The van der Waals surface area contributed by atoms with Crippen LogP contribution < -0.4 is 9.80 Å². The van der Waals surface area contributed by atoms with E-state index in [0.29, 0.717) is 5.76 Å². The first-order valence-corrected chi connectivity index (χ1v) is 10.9. The average molecular weight is 400 g/mol. The maximum atomic E-state index is 12.8.